The minimum absolute atomic E-state index is 0.0238. The van der Waals surface area contributed by atoms with Crippen LogP contribution < -0.4 is 10.4 Å². The lowest BCUT2D eigenvalue weighted by molar-refractivity contribution is 0.0707. The average Bonchev–Trinajstić information content (AvgIpc) is 3.14. The number of ether oxygens (including phenoxy) is 1. The lowest BCUT2D eigenvalue weighted by Crippen LogP contribution is -2.40. The van der Waals surface area contributed by atoms with Gasteiger partial charge in [-0.3, -0.25) is 9.36 Å². The zero-order chi connectivity index (χ0) is 18.1. The predicted octanol–water partition coefficient (Wildman–Crippen LogP) is 1.40. The Hall–Kier alpha value is -2.16. The topological polar surface area (TPSA) is 82.2 Å². The first-order valence-electron chi connectivity index (χ1n) is 8.40. The monoisotopic (exact) mass is 365 g/mol. The number of thiazole rings is 1. The Bertz CT molecular complexity index is 837. The van der Waals surface area contributed by atoms with E-state index < -0.39 is 0 Å². The van der Waals surface area contributed by atoms with E-state index in [1.54, 1.807) is 18.7 Å². The number of nitrogens with zero attached hydrogens (tertiary/aromatic N) is 5. The van der Waals surface area contributed by atoms with Crippen molar-refractivity contribution in [2.75, 3.05) is 20.2 Å². The maximum absolute atomic E-state index is 12.9. The number of likely N-dealkylation sites (tertiary alicyclic amines) is 1. The first kappa shape index (κ1) is 17.7. The Kier molecular flexibility index (Phi) is 4.94. The van der Waals surface area contributed by atoms with Crippen molar-refractivity contribution in [2.24, 2.45) is 7.05 Å². The summed E-state index contributed by atoms with van der Waals surface area (Å²) in [5.41, 5.74) is 0.585. The first-order chi connectivity index (χ1) is 12.0. The van der Waals surface area contributed by atoms with E-state index in [0.717, 1.165) is 18.7 Å². The Morgan fingerprint density at radius 3 is 2.84 bits per heavy atom. The third-order valence-electron chi connectivity index (χ3n) is 4.57. The van der Waals surface area contributed by atoms with Gasteiger partial charge in [-0.25, -0.2) is 14.5 Å². The molecule has 1 fully saturated rings. The molecule has 25 heavy (non-hydrogen) atoms. The number of carbonyl (C=O) groups excluding carboxylic acids is 1. The first-order valence-corrected chi connectivity index (χ1v) is 9.22. The smallest absolute Gasteiger partial charge is 0.345 e. The van der Waals surface area contributed by atoms with Crippen molar-refractivity contribution in [1.82, 2.24) is 24.2 Å². The van der Waals surface area contributed by atoms with Crippen LogP contribution in [0.3, 0.4) is 0 Å². The van der Waals surface area contributed by atoms with Crippen LogP contribution in [-0.2, 0) is 13.6 Å². The number of piperidine rings is 1. The third kappa shape index (κ3) is 3.20. The third-order valence-corrected chi connectivity index (χ3v) is 5.68. The van der Waals surface area contributed by atoms with Crippen molar-refractivity contribution in [3.8, 4) is 5.19 Å². The largest absolute Gasteiger partial charge is 0.473 e. The van der Waals surface area contributed by atoms with Gasteiger partial charge in [-0.05, 0) is 26.7 Å². The van der Waals surface area contributed by atoms with E-state index in [0.29, 0.717) is 35.4 Å². The highest BCUT2D eigenvalue weighted by atomic mass is 32.1. The van der Waals surface area contributed by atoms with E-state index in [1.807, 2.05) is 18.7 Å². The molecule has 0 spiro atoms. The molecule has 0 radical (unpaired) electrons. The summed E-state index contributed by atoms with van der Waals surface area (Å²) in [6, 6.07) is 0. The van der Waals surface area contributed by atoms with Gasteiger partial charge in [-0.2, -0.15) is 5.10 Å². The number of hydrogen-bond donors (Lipinski definition) is 0. The van der Waals surface area contributed by atoms with Crippen molar-refractivity contribution in [3.05, 3.63) is 26.9 Å². The van der Waals surface area contributed by atoms with Crippen molar-refractivity contribution in [1.29, 1.82) is 0 Å². The van der Waals surface area contributed by atoms with Crippen LogP contribution in [0.25, 0.3) is 0 Å². The van der Waals surface area contributed by atoms with E-state index in [-0.39, 0.29) is 17.5 Å². The van der Waals surface area contributed by atoms with E-state index in [9.17, 15) is 9.59 Å². The normalized spacial score (nSPS) is 17.8. The Morgan fingerprint density at radius 1 is 1.44 bits per heavy atom. The molecule has 1 aliphatic heterocycles. The van der Waals surface area contributed by atoms with E-state index in [2.05, 4.69) is 10.1 Å². The summed E-state index contributed by atoms with van der Waals surface area (Å²) in [5.74, 6) is 0.817. The van der Waals surface area contributed by atoms with Crippen LogP contribution in [0.15, 0.2) is 4.79 Å². The predicted molar refractivity (Wildman–Crippen MR) is 94.4 cm³/mol. The molecule has 0 saturated carbocycles. The number of methoxy groups -OCH3 is 1. The van der Waals surface area contributed by atoms with Gasteiger partial charge in [-0.1, -0.05) is 11.3 Å². The van der Waals surface area contributed by atoms with Crippen molar-refractivity contribution in [2.45, 2.75) is 39.2 Å². The summed E-state index contributed by atoms with van der Waals surface area (Å²) < 4.78 is 8.20. The molecule has 2 aromatic rings. The van der Waals surface area contributed by atoms with E-state index >= 15 is 0 Å². The van der Waals surface area contributed by atoms with Gasteiger partial charge in [0.2, 0.25) is 0 Å². The summed E-state index contributed by atoms with van der Waals surface area (Å²) in [6.07, 6.45) is 1.81. The molecular formula is C16H23N5O3S. The van der Waals surface area contributed by atoms with E-state index in [1.165, 1.54) is 16.0 Å². The molecule has 1 saturated heterocycles. The maximum atomic E-state index is 12.9. The molecule has 8 nitrogen and oxygen atoms in total. The second-order valence-electron chi connectivity index (χ2n) is 6.20. The molecule has 1 amide bonds. The fraction of sp³-hybridized carbons (Fsp3) is 0.625. The van der Waals surface area contributed by atoms with E-state index in [4.69, 9.17) is 4.74 Å². The number of aryl methyl sites for hydroxylation is 2. The van der Waals surface area contributed by atoms with Crippen LogP contribution in [0.2, 0.25) is 0 Å². The standard InChI is InChI=1S/C16H23N5O3S/c1-5-21-13(18-19(3)16(21)23)11-7-6-8-20(9-11)14(22)12-10(2)17-15(24-4)25-12/h11H,5-9H2,1-4H3. The highest BCUT2D eigenvalue weighted by Gasteiger charge is 2.31. The highest BCUT2D eigenvalue weighted by molar-refractivity contribution is 7.15. The minimum Gasteiger partial charge on any atom is -0.473 e. The van der Waals surface area contributed by atoms with Crippen molar-refractivity contribution >= 4 is 17.2 Å². The molecule has 0 aromatic carbocycles. The molecule has 1 aliphatic rings. The van der Waals surface area contributed by atoms with Gasteiger partial charge in [0.05, 0.1) is 12.8 Å². The molecule has 1 atom stereocenters. The molecule has 3 rings (SSSR count). The van der Waals surface area contributed by atoms with Crippen molar-refractivity contribution < 1.29 is 9.53 Å². The summed E-state index contributed by atoms with van der Waals surface area (Å²) in [4.78, 5) is 31.8. The number of rotatable bonds is 4. The van der Waals surface area contributed by atoms with Gasteiger partial charge < -0.3 is 9.64 Å². The SMILES string of the molecule is CCn1c(C2CCCN(C(=O)c3sc(OC)nc3C)C2)nn(C)c1=O. The molecule has 9 heteroatoms. The van der Waals surface area contributed by atoms with Crippen LogP contribution >= 0.6 is 11.3 Å². The molecule has 0 N–H and O–H groups in total. The fourth-order valence-corrected chi connectivity index (χ4v) is 4.15. The van der Waals surface area contributed by atoms with Crippen molar-refractivity contribution in [3.63, 3.8) is 0 Å². The van der Waals surface area contributed by atoms with Crippen LogP contribution in [0, 0.1) is 6.92 Å². The lowest BCUT2D eigenvalue weighted by Gasteiger charge is -2.32. The molecule has 0 bridgehead atoms. The van der Waals surface area contributed by atoms with Crippen LogP contribution in [0.5, 0.6) is 5.19 Å². The summed E-state index contributed by atoms with van der Waals surface area (Å²) in [6.45, 7) is 5.61. The Balaban J connectivity index is 1.84. The Morgan fingerprint density at radius 2 is 2.20 bits per heavy atom. The van der Waals surface area contributed by atoms with Crippen LogP contribution in [-0.4, -0.2) is 50.3 Å². The second kappa shape index (κ2) is 6.99. The summed E-state index contributed by atoms with van der Waals surface area (Å²) in [5, 5.41) is 4.90. The quantitative estimate of drug-likeness (QED) is 0.818. The van der Waals surface area contributed by atoms with Gasteiger partial charge in [0, 0.05) is 32.6 Å². The molecule has 136 valence electrons. The van der Waals surface area contributed by atoms with Gasteiger partial charge in [0.1, 0.15) is 10.7 Å². The number of amides is 1. The van der Waals surface area contributed by atoms with Gasteiger partial charge in [0.15, 0.2) is 0 Å². The van der Waals surface area contributed by atoms with Crippen LogP contribution in [0.4, 0.5) is 0 Å². The molecule has 1 unspecified atom stereocenters. The highest BCUT2D eigenvalue weighted by Crippen LogP contribution is 2.30. The van der Waals surface area contributed by atoms with Gasteiger partial charge in [-0.15, -0.1) is 0 Å². The van der Waals surface area contributed by atoms with Gasteiger partial charge in [0.25, 0.3) is 11.1 Å². The second-order valence-corrected chi connectivity index (χ2v) is 7.16. The molecular weight excluding hydrogens is 342 g/mol. The fourth-order valence-electron chi connectivity index (χ4n) is 3.30. The zero-order valence-electron chi connectivity index (χ0n) is 15.0. The number of aromatic nitrogens is 4. The molecule has 0 aliphatic carbocycles. The lowest BCUT2D eigenvalue weighted by atomic mass is 9.97. The van der Waals surface area contributed by atoms with Crippen LogP contribution in [0.1, 0.15) is 46.9 Å². The number of carbonyl (C=O) groups is 1. The maximum Gasteiger partial charge on any atom is 0.345 e. The minimum atomic E-state index is -0.107. The van der Waals surface area contributed by atoms with Gasteiger partial charge >= 0.3 is 5.69 Å². The molecule has 2 aromatic heterocycles. The number of hydrogen-bond acceptors (Lipinski definition) is 6. The molecule has 3 heterocycles. The zero-order valence-corrected chi connectivity index (χ0v) is 15.8. The average molecular weight is 365 g/mol. The summed E-state index contributed by atoms with van der Waals surface area (Å²) in [7, 11) is 3.21. The summed E-state index contributed by atoms with van der Waals surface area (Å²) >= 11 is 1.27. The Labute approximate surface area is 150 Å².